The molecule has 1 saturated heterocycles. The quantitative estimate of drug-likeness (QED) is 0.748. The van der Waals surface area contributed by atoms with Crippen LogP contribution in [0.1, 0.15) is 25.3 Å². The van der Waals surface area contributed by atoms with Crippen molar-refractivity contribution in [2.24, 2.45) is 0 Å². The molecule has 96 valence electrons. The minimum Gasteiger partial charge on any atom is -0.445 e. The molecule has 0 spiro atoms. The molecule has 0 radical (unpaired) electrons. The zero-order valence-corrected chi connectivity index (χ0v) is 10.8. The first-order chi connectivity index (χ1) is 8.66. The molecule has 1 fully saturated rings. The third-order valence-corrected chi connectivity index (χ3v) is 3.26. The summed E-state index contributed by atoms with van der Waals surface area (Å²) in [7, 11) is 0. The Morgan fingerprint density at radius 2 is 2.17 bits per heavy atom. The van der Waals surface area contributed by atoms with Crippen LogP contribution in [0.25, 0.3) is 0 Å². The molecule has 1 aliphatic rings. The predicted octanol–water partition coefficient (Wildman–Crippen LogP) is 3.36. The van der Waals surface area contributed by atoms with Crippen molar-refractivity contribution < 1.29 is 9.53 Å². The van der Waals surface area contributed by atoms with E-state index in [2.05, 4.69) is 6.58 Å². The maximum absolute atomic E-state index is 12.0. The summed E-state index contributed by atoms with van der Waals surface area (Å²) < 4.78 is 5.33. The summed E-state index contributed by atoms with van der Waals surface area (Å²) in [5.41, 5.74) is 2.23. The highest BCUT2D eigenvalue weighted by Gasteiger charge is 2.25. The van der Waals surface area contributed by atoms with E-state index in [0.29, 0.717) is 13.2 Å². The van der Waals surface area contributed by atoms with Crippen molar-refractivity contribution in [3.05, 3.63) is 48.0 Å². The van der Waals surface area contributed by atoms with Gasteiger partial charge in [0.25, 0.3) is 0 Å². The molecule has 1 aromatic rings. The molecule has 0 bridgehead atoms. The third kappa shape index (κ3) is 3.13. The molecule has 1 amide bonds. The van der Waals surface area contributed by atoms with Gasteiger partial charge in [-0.15, -0.1) is 0 Å². The minimum atomic E-state index is -0.223. The molecule has 3 heteroatoms. The molecule has 0 aromatic heterocycles. The molecule has 18 heavy (non-hydrogen) atoms. The van der Waals surface area contributed by atoms with Gasteiger partial charge in [-0.2, -0.15) is 0 Å². The van der Waals surface area contributed by atoms with Crippen LogP contribution in [-0.2, 0) is 11.3 Å². The number of benzene rings is 1. The monoisotopic (exact) mass is 245 g/mol. The Kier molecular flexibility index (Phi) is 4.03. The van der Waals surface area contributed by atoms with E-state index in [9.17, 15) is 4.79 Å². The Morgan fingerprint density at radius 3 is 2.83 bits per heavy atom. The predicted molar refractivity (Wildman–Crippen MR) is 71.2 cm³/mol. The normalized spacial score (nSPS) is 19.7. The van der Waals surface area contributed by atoms with Gasteiger partial charge >= 0.3 is 6.09 Å². The molecule has 1 heterocycles. The molecule has 3 nitrogen and oxygen atoms in total. The molecule has 0 saturated carbocycles. The lowest BCUT2D eigenvalue weighted by molar-refractivity contribution is 0.0785. The zero-order valence-electron chi connectivity index (χ0n) is 10.8. The van der Waals surface area contributed by atoms with Gasteiger partial charge in [0, 0.05) is 12.6 Å². The van der Waals surface area contributed by atoms with Crippen LogP contribution in [-0.4, -0.2) is 23.6 Å². The van der Waals surface area contributed by atoms with E-state index >= 15 is 0 Å². The van der Waals surface area contributed by atoms with Gasteiger partial charge in [0.15, 0.2) is 0 Å². The Morgan fingerprint density at radius 1 is 1.44 bits per heavy atom. The fourth-order valence-electron chi connectivity index (χ4n) is 2.20. The Bertz CT molecular complexity index is 427. The van der Waals surface area contributed by atoms with E-state index in [4.69, 9.17) is 4.74 Å². The van der Waals surface area contributed by atoms with Gasteiger partial charge in [-0.1, -0.05) is 42.5 Å². The van der Waals surface area contributed by atoms with E-state index < -0.39 is 0 Å². The van der Waals surface area contributed by atoms with Crippen molar-refractivity contribution >= 4 is 6.09 Å². The van der Waals surface area contributed by atoms with Gasteiger partial charge in [-0.3, -0.25) is 0 Å². The Labute approximate surface area is 108 Å². The number of carbonyl (C=O) groups is 1. The second-order valence-electron chi connectivity index (χ2n) is 4.79. The van der Waals surface area contributed by atoms with Crippen LogP contribution >= 0.6 is 0 Å². The molecule has 2 rings (SSSR count). The molecule has 1 aliphatic heterocycles. The van der Waals surface area contributed by atoms with Crippen LogP contribution in [0.3, 0.4) is 0 Å². The van der Waals surface area contributed by atoms with E-state index in [-0.39, 0.29) is 12.1 Å². The highest BCUT2D eigenvalue weighted by molar-refractivity contribution is 5.68. The number of hydrogen-bond acceptors (Lipinski definition) is 2. The number of hydrogen-bond donors (Lipinski definition) is 0. The number of piperidine rings is 1. The van der Waals surface area contributed by atoms with Crippen molar-refractivity contribution in [1.82, 2.24) is 4.90 Å². The fourth-order valence-corrected chi connectivity index (χ4v) is 2.20. The molecule has 0 N–H and O–H groups in total. The summed E-state index contributed by atoms with van der Waals surface area (Å²) in [5, 5.41) is 0. The van der Waals surface area contributed by atoms with Crippen molar-refractivity contribution in [2.45, 2.75) is 32.4 Å². The van der Waals surface area contributed by atoms with Crippen molar-refractivity contribution in [3.8, 4) is 0 Å². The van der Waals surface area contributed by atoms with Gasteiger partial charge in [-0.25, -0.2) is 4.79 Å². The SMILES string of the molecule is C=C1CCN(C(=O)OCc2ccccc2)[C@@H](C)C1. The van der Waals surface area contributed by atoms with Crippen molar-refractivity contribution in [2.75, 3.05) is 6.54 Å². The largest absolute Gasteiger partial charge is 0.445 e. The molecule has 0 aliphatic carbocycles. The molecule has 1 aromatic carbocycles. The number of likely N-dealkylation sites (tertiary alicyclic amines) is 1. The first-order valence-electron chi connectivity index (χ1n) is 6.31. The third-order valence-electron chi connectivity index (χ3n) is 3.26. The van der Waals surface area contributed by atoms with Crippen LogP contribution in [0, 0.1) is 0 Å². The number of carbonyl (C=O) groups excluding carboxylic acids is 1. The van der Waals surface area contributed by atoms with Crippen molar-refractivity contribution in [3.63, 3.8) is 0 Å². The Balaban J connectivity index is 1.86. The highest BCUT2D eigenvalue weighted by atomic mass is 16.6. The van der Waals surface area contributed by atoms with Crippen molar-refractivity contribution in [1.29, 1.82) is 0 Å². The summed E-state index contributed by atoms with van der Waals surface area (Å²) in [6.45, 7) is 7.06. The number of ether oxygens (including phenoxy) is 1. The number of nitrogens with zero attached hydrogens (tertiary/aromatic N) is 1. The lowest BCUT2D eigenvalue weighted by Gasteiger charge is -2.33. The Hall–Kier alpha value is -1.77. The second-order valence-corrected chi connectivity index (χ2v) is 4.79. The molecular formula is C15H19NO2. The van der Waals surface area contributed by atoms with Gasteiger partial charge in [0.05, 0.1) is 0 Å². The maximum atomic E-state index is 12.0. The zero-order chi connectivity index (χ0) is 13.0. The summed E-state index contributed by atoms with van der Waals surface area (Å²) in [4.78, 5) is 13.8. The smallest absolute Gasteiger partial charge is 0.410 e. The van der Waals surface area contributed by atoms with E-state index in [1.165, 1.54) is 5.57 Å². The fraction of sp³-hybridized carbons (Fsp3) is 0.400. The van der Waals surface area contributed by atoms with E-state index in [1.807, 2.05) is 37.3 Å². The van der Waals surface area contributed by atoms with Crippen LogP contribution < -0.4 is 0 Å². The number of amides is 1. The van der Waals surface area contributed by atoms with E-state index in [0.717, 1.165) is 18.4 Å². The highest BCUT2D eigenvalue weighted by Crippen LogP contribution is 2.21. The van der Waals surface area contributed by atoms with Gasteiger partial charge in [0.2, 0.25) is 0 Å². The van der Waals surface area contributed by atoms with Gasteiger partial charge in [-0.05, 0) is 25.3 Å². The topological polar surface area (TPSA) is 29.5 Å². The van der Waals surface area contributed by atoms with Crippen LogP contribution in [0.5, 0.6) is 0 Å². The summed E-state index contributed by atoms with van der Waals surface area (Å²) in [6, 6.07) is 9.93. The van der Waals surface area contributed by atoms with Crippen LogP contribution in [0.15, 0.2) is 42.5 Å². The summed E-state index contributed by atoms with van der Waals surface area (Å²) >= 11 is 0. The lowest BCUT2D eigenvalue weighted by atomic mass is 10.00. The average Bonchev–Trinajstić information content (AvgIpc) is 2.37. The number of rotatable bonds is 2. The van der Waals surface area contributed by atoms with Crippen LogP contribution in [0.2, 0.25) is 0 Å². The summed E-state index contributed by atoms with van der Waals surface area (Å²) in [6.07, 6.45) is 1.53. The summed E-state index contributed by atoms with van der Waals surface area (Å²) in [5.74, 6) is 0. The van der Waals surface area contributed by atoms with Gasteiger partial charge in [0.1, 0.15) is 6.61 Å². The molecule has 0 unspecified atom stereocenters. The standard InChI is InChI=1S/C15H19NO2/c1-12-8-9-16(13(2)10-12)15(17)18-11-14-6-4-3-5-7-14/h3-7,13H,1,8-11H2,2H3/t13-/m0/s1. The molecule has 1 atom stereocenters. The maximum Gasteiger partial charge on any atom is 0.410 e. The lowest BCUT2D eigenvalue weighted by Crippen LogP contribution is -2.42. The minimum absolute atomic E-state index is 0.189. The molecular weight excluding hydrogens is 226 g/mol. The first kappa shape index (κ1) is 12.7. The van der Waals surface area contributed by atoms with Crippen LogP contribution in [0.4, 0.5) is 4.79 Å². The van der Waals surface area contributed by atoms with Gasteiger partial charge < -0.3 is 9.64 Å². The van der Waals surface area contributed by atoms with E-state index in [1.54, 1.807) is 4.90 Å². The average molecular weight is 245 g/mol. The first-order valence-corrected chi connectivity index (χ1v) is 6.31. The second kappa shape index (κ2) is 5.71.